The third kappa shape index (κ3) is 2.72. The van der Waals surface area contributed by atoms with Crippen molar-refractivity contribution in [2.45, 2.75) is 0 Å². The fourth-order valence-corrected chi connectivity index (χ4v) is 1.79. The van der Waals surface area contributed by atoms with Gasteiger partial charge in [0.25, 0.3) is 0 Å². The lowest BCUT2D eigenvalue weighted by Gasteiger charge is -2.05. The van der Waals surface area contributed by atoms with E-state index in [0.717, 1.165) is 22.6 Å². The molecular weight excluding hydrogens is 224 g/mol. The summed E-state index contributed by atoms with van der Waals surface area (Å²) in [7, 11) is 3.35. The lowest BCUT2D eigenvalue weighted by atomic mass is 10.1. The molecule has 0 radical (unpaired) electrons. The van der Waals surface area contributed by atoms with Crippen LogP contribution >= 0.6 is 0 Å². The zero-order valence-electron chi connectivity index (χ0n) is 10.6. The highest BCUT2D eigenvalue weighted by Crippen LogP contribution is 2.23. The maximum Gasteiger partial charge on any atom is 0.126 e. The molecule has 0 heterocycles. The molecule has 0 N–H and O–H groups in total. The van der Waals surface area contributed by atoms with E-state index < -0.39 is 0 Å². The summed E-state index contributed by atoms with van der Waals surface area (Å²) in [5.74, 6) is 1.73. The summed E-state index contributed by atoms with van der Waals surface area (Å²) >= 11 is 0. The van der Waals surface area contributed by atoms with Gasteiger partial charge in [-0.3, -0.25) is 0 Å². The van der Waals surface area contributed by atoms with E-state index >= 15 is 0 Å². The van der Waals surface area contributed by atoms with E-state index in [-0.39, 0.29) is 0 Å². The summed E-state index contributed by atoms with van der Waals surface area (Å²) in [5.41, 5.74) is 2.09. The maximum atomic E-state index is 5.31. The van der Waals surface area contributed by atoms with Crippen LogP contribution in [0.4, 0.5) is 0 Å². The average Bonchev–Trinajstić information content (AvgIpc) is 2.45. The van der Waals surface area contributed by atoms with Crippen LogP contribution in [-0.4, -0.2) is 14.2 Å². The Labute approximate surface area is 107 Å². The van der Waals surface area contributed by atoms with Gasteiger partial charge in [-0.25, -0.2) is 0 Å². The summed E-state index contributed by atoms with van der Waals surface area (Å²) in [6, 6.07) is 15.8. The Morgan fingerprint density at radius 3 is 1.44 bits per heavy atom. The van der Waals surface area contributed by atoms with Crippen molar-refractivity contribution in [3.63, 3.8) is 0 Å². The van der Waals surface area contributed by atoms with Crippen molar-refractivity contribution >= 4 is 12.2 Å². The highest BCUT2D eigenvalue weighted by molar-refractivity contribution is 5.74. The van der Waals surface area contributed by atoms with Gasteiger partial charge in [-0.1, -0.05) is 48.6 Å². The minimum atomic E-state index is 0.864. The number of methoxy groups -OCH3 is 2. The van der Waals surface area contributed by atoms with Crippen molar-refractivity contribution in [2.75, 3.05) is 14.2 Å². The SMILES string of the molecule is COc1ccccc1/C=C\c1ccccc1OC. The first-order valence-corrected chi connectivity index (χ1v) is 5.79. The number of hydrogen-bond donors (Lipinski definition) is 0. The van der Waals surface area contributed by atoms with Gasteiger partial charge in [0.2, 0.25) is 0 Å². The first-order valence-electron chi connectivity index (χ1n) is 5.79. The Bertz CT molecular complexity index is 495. The molecule has 18 heavy (non-hydrogen) atoms. The van der Waals surface area contributed by atoms with Gasteiger partial charge in [-0.05, 0) is 12.1 Å². The van der Waals surface area contributed by atoms with Crippen molar-refractivity contribution < 1.29 is 9.47 Å². The number of rotatable bonds is 4. The minimum Gasteiger partial charge on any atom is -0.496 e. The zero-order valence-corrected chi connectivity index (χ0v) is 10.6. The van der Waals surface area contributed by atoms with E-state index in [0.29, 0.717) is 0 Å². The van der Waals surface area contributed by atoms with Crippen LogP contribution in [0.3, 0.4) is 0 Å². The second kappa shape index (κ2) is 5.92. The van der Waals surface area contributed by atoms with Crippen molar-refractivity contribution in [1.29, 1.82) is 0 Å². The molecule has 0 aliphatic heterocycles. The molecule has 0 aliphatic rings. The summed E-state index contributed by atoms with van der Waals surface area (Å²) in [4.78, 5) is 0. The maximum absolute atomic E-state index is 5.31. The minimum absolute atomic E-state index is 0.864. The molecule has 0 fully saturated rings. The van der Waals surface area contributed by atoms with Crippen LogP contribution < -0.4 is 9.47 Å². The summed E-state index contributed by atoms with van der Waals surface area (Å²) < 4.78 is 10.6. The van der Waals surface area contributed by atoms with Gasteiger partial charge in [0, 0.05) is 11.1 Å². The molecule has 0 aromatic heterocycles. The summed E-state index contributed by atoms with van der Waals surface area (Å²) in [5, 5.41) is 0. The average molecular weight is 240 g/mol. The molecule has 0 amide bonds. The zero-order chi connectivity index (χ0) is 12.8. The molecule has 2 aromatic carbocycles. The molecule has 0 unspecified atom stereocenters. The smallest absolute Gasteiger partial charge is 0.126 e. The van der Waals surface area contributed by atoms with Gasteiger partial charge in [0.15, 0.2) is 0 Å². The molecule has 0 atom stereocenters. The molecule has 0 saturated heterocycles. The quantitative estimate of drug-likeness (QED) is 0.755. The normalized spacial score (nSPS) is 10.6. The van der Waals surface area contributed by atoms with Crippen LogP contribution in [0.15, 0.2) is 48.5 Å². The summed E-state index contributed by atoms with van der Waals surface area (Å²) in [6.45, 7) is 0. The molecule has 2 heteroatoms. The molecule has 0 aliphatic carbocycles. The Hall–Kier alpha value is -2.22. The topological polar surface area (TPSA) is 18.5 Å². The van der Waals surface area contributed by atoms with Gasteiger partial charge < -0.3 is 9.47 Å². The largest absolute Gasteiger partial charge is 0.496 e. The Morgan fingerprint density at radius 2 is 1.06 bits per heavy atom. The van der Waals surface area contributed by atoms with E-state index in [2.05, 4.69) is 0 Å². The highest BCUT2D eigenvalue weighted by Gasteiger charge is 1.99. The van der Waals surface area contributed by atoms with E-state index in [1.54, 1.807) is 14.2 Å². The van der Waals surface area contributed by atoms with E-state index in [1.807, 2.05) is 60.7 Å². The van der Waals surface area contributed by atoms with Crippen LogP contribution in [-0.2, 0) is 0 Å². The van der Waals surface area contributed by atoms with Crippen molar-refractivity contribution in [3.8, 4) is 11.5 Å². The molecule has 92 valence electrons. The van der Waals surface area contributed by atoms with Crippen LogP contribution in [0.2, 0.25) is 0 Å². The van der Waals surface area contributed by atoms with Crippen molar-refractivity contribution in [2.24, 2.45) is 0 Å². The molecule has 0 saturated carbocycles. The monoisotopic (exact) mass is 240 g/mol. The van der Waals surface area contributed by atoms with E-state index in [1.165, 1.54) is 0 Å². The van der Waals surface area contributed by atoms with E-state index in [4.69, 9.17) is 9.47 Å². The number of para-hydroxylation sites is 2. The standard InChI is InChI=1S/C16H16O2/c1-17-15-9-5-3-7-13(15)11-12-14-8-4-6-10-16(14)18-2/h3-12H,1-2H3/b12-11-. The van der Waals surface area contributed by atoms with Gasteiger partial charge in [-0.2, -0.15) is 0 Å². The Balaban J connectivity index is 2.30. The molecule has 0 bridgehead atoms. The molecular formula is C16H16O2. The second-order valence-corrected chi connectivity index (χ2v) is 3.82. The molecule has 0 spiro atoms. The van der Waals surface area contributed by atoms with Crippen molar-refractivity contribution in [3.05, 3.63) is 59.7 Å². The lowest BCUT2D eigenvalue weighted by Crippen LogP contribution is -1.87. The van der Waals surface area contributed by atoms with E-state index in [9.17, 15) is 0 Å². The fourth-order valence-electron chi connectivity index (χ4n) is 1.79. The van der Waals surface area contributed by atoms with Crippen LogP contribution in [0.1, 0.15) is 11.1 Å². The number of ether oxygens (including phenoxy) is 2. The van der Waals surface area contributed by atoms with Gasteiger partial charge in [-0.15, -0.1) is 0 Å². The Kier molecular flexibility index (Phi) is 4.02. The number of benzene rings is 2. The predicted molar refractivity (Wildman–Crippen MR) is 74.9 cm³/mol. The third-order valence-corrected chi connectivity index (χ3v) is 2.72. The van der Waals surface area contributed by atoms with Gasteiger partial charge in [0.1, 0.15) is 11.5 Å². The lowest BCUT2D eigenvalue weighted by molar-refractivity contribution is 0.413. The highest BCUT2D eigenvalue weighted by atomic mass is 16.5. The van der Waals surface area contributed by atoms with Gasteiger partial charge in [0.05, 0.1) is 14.2 Å². The second-order valence-electron chi connectivity index (χ2n) is 3.82. The molecule has 2 rings (SSSR count). The predicted octanol–water partition coefficient (Wildman–Crippen LogP) is 3.87. The fraction of sp³-hybridized carbons (Fsp3) is 0.125. The van der Waals surface area contributed by atoms with Crippen molar-refractivity contribution in [1.82, 2.24) is 0 Å². The first kappa shape index (κ1) is 12.2. The first-order chi connectivity index (χ1) is 8.85. The summed E-state index contributed by atoms with van der Waals surface area (Å²) in [6.07, 6.45) is 4.05. The van der Waals surface area contributed by atoms with Crippen LogP contribution in [0.25, 0.3) is 12.2 Å². The molecule has 2 aromatic rings. The van der Waals surface area contributed by atoms with Crippen LogP contribution in [0, 0.1) is 0 Å². The van der Waals surface area contributed by atoms with Gasteiger partial charge >= 0.3 is 0 Å². The Morgan fingerprint density at radius 1 is 0.667 bits per heavy atom. The third-order valence-electron chi connectivity index (χ3n) is 2.72. The van der Waals surface area contributed by atoms with Crippen LogP contribution in [0.5, 0.6) is 11.5 Å². The number of hydrogen-bond acceptors (Lipinski definition) is 2. The molecule has 2 nitrogen and oxygen atoms in total.